The van der Waals surface area contributed by atoms with Crippen molar-refractivity contribution in [3.63, 3.8) is 0 Å². The summed E-state index contributed by atoms with van der Waals surface area (Å²) in [6.07, 6.45) is 1.98. The van der Waals surface area contributed by atoms with Crippen molar-refractivity contribution in [2.75, 3.05) is 31.2 Å². The number of carboxylic acids is 1. The van der Waals surface area contributed by atoms with Gasteiger partial charge in [0.2, 0.25) is 5.88 Å². The maximum atomic E-state index is 13.7. The smallest absolute Gasteiger partial charge is 0.306 e. The summed E-state index contributed by atoms with van der Waals surface area (Å²) in [5, 5.41) is 20.4. The normalized spacial score (nSPS) is 25.7. The average Bonchev–Trinajstić information content (AvgIpc) is 2.68. The molecule has 3 fully saturated rings. The molecule has 3 heterocycles. The van der Waals surface area contributed by atoms with E-state index >= 15 is 0 Å². The van der Waals surface area contributed by atoms with Crippen LogP contribution in [0.4, 0.5) is 14.5 Å². The van der Waals surface area contributed by atoms with E-state index in [9.17, 15) is 18.7 Å². The molecule has 1 aromatic carbocycles. The van der Waals surface area contributed by atoms with E-state index in [0.717, 1.165) is 12.8 Å². The number of carbonyl (C=O) groups is 1. The number of fused-ring (bicyclic) bond motifs is 1. The first-order valence-electron chi connectivity index (χ1n) is 10.6. The van der Waals surface area contributed by atoms with E-state index in [4.69, 9.17) is 19.6 Å². The third kappa shape index (κ3) is 3.75. The molecule has 0 amide bonds. The van der Waals surface area contributed by atoms with Crippen LogP contribution in [0.25, 0.3) is 10.8 Å². The highest BCUT2D eigenvalue weighted by Crippen LogP contribution is 2.46. The molecule has 7 nitrogen and oxygen atoms in total. The molecule has 0 radical (unpaired) electrons. The zero-order valence-corrected chi connectivity index (χ0v) is 16.9. The number of rotatable bonds is 5. The van der Waals surface area contributed by atoms with E-state index in [2.05, 4.69) is 0 Å². The van der Waals surface area contributed by atoms with Gasteiger partial charge in [-0.3, -0.25) is 4.79 Å². The molecule has 2 saturated heterocycles. The molecule has 0 unspecified atom stereocenters. The monoisotopic (exact) mass is 434 g/mol. The lowest BCUT2D eigenvalue weighted by atomic mass is 9.82. The van der Waals surface area contributed by atoms with Crippen molar-refractivity contribution in [2.45, 2.75) is 43.6 Å². The Morgan fingerprint density at radius 1 is 1.19 bits per heavy atom. The maximum Gasteiger partial charge on any atom is 0.306 e. The number of aromatic nitrogens is 1. The van der Waals surface area contributed by atoms with Gasteiger partial charge in [0.1, 0.15) is 11.9 Å². The first-order chi connectivity index (χ1) is 14.8. The first-order valence-corrected chi connectivity index (χ1v) is 10.6. The number of phenolic OH excluding ortho intramolecular Hbond substituents is 1. The lowest BCUT2D eigenvalue weighted by molar-refractivity contribution is -0.148. The number of phenols is 1. The first kappa shape index (κ1) is 20.2. The van der Waals surface area contributed by atoms with Crippen molar-refractivity contribution in [1.29, 1.82) is 0 Å². The highest BCUT2D eigenvalue weighted by atomic mass is 19.3. The fourth-order valence-corrected chi connectivity index (χ4v) is 4.65. The minimum absolute atomic E-state index is 0.0230. The standard InChI is InChI=1S/C22H24F2N2O5/c23-22(24)10-26(11-22)19-16-2-1-14(27)9-17(16)20(31-15-7-13(8-15)21(28)29)25-18(19)12-3-5-30-6-4-12/h1-2,9,12-13,15,27H,3-8,10-11H2,(H,28,29). The van der Waals surface area contributed by atoms with Gasteiger partial charge >= 0.3 is 5.97 Å². The molecule has 1 saturated carbocycles. The van der Waals surface area contributed by atoms with Crippen LogP contribution in [0.15, 0.2) is 18.2 Å². The lowest BCUT2D eigenvalue weighted by Crippen LogP contribution is -2.56. The van der Waals surface area contributed by atoms with Crippen molar-refractivity contribution < 1.29 is 33.3 Å². The largest absolute Gasteiger partial charge is 0.508 e. The quantitative estimate of drug-likeness (QED) is 0.744. The van der Waals surface area contributed by atoms with Crippen molar-refractivity contribution in [2.24, 2.45) is 5.92 Å². The van der Waals surface area contributed by atoms with Gasteiger partial charge in [0.25, 0.3) is 5.92 Å². The predicted octanol–water partition coefficient (Wildman–Crippen LogP) is 3.53. The third-order valence-electron chi connectivity index (χ3n) is 6.44. The van der Waals surface area contributed by atoms with Crippen molar-refractivity contribution in [3.05, 3.63) is 23.9 Å². The lowest BCUT2D eigenvalue weighted by Gasteiger charge is -2.43. The Morgan fingerprint density at radius 2 is 1.90 bits per heavy atom. The van der Waals surface area contributed by atoms with Crippen LogP contribution >= 0.6 is 0 Å². The maximum absolute atomic E-state index is 13.7. The molecule has 9 heteroatoms. The zero-order chi connectivity index (χ0) is 21.8. The second kappa shape index (κ2) is 7.47. The van der Waals surface area contributed by atoms with E-state index in [1.165, 1.54) is 12.1 Å². The van der Waals surface area contributed by atoms with E-state index < -0.39 is 17.8 Å². The number of hydrogen-bond donors (Lipinski definition) is 2. The summed E-state index contributed by atoms with van der Waals surface area (Å²) in [4.78, 5) is 17.6. The minimum atomic E-state index is -2.73. The molecule has 1 aromatic heterocycles. The molecular weight excluding hydrogens is 410 g/mol. The molecule has 2 aliphatic heterocycles. The molecule has 31 heavy (non-hydrogen) atoms. The average molecular weight is 434 g/mol. The fraction of sp³-hybridized carbons (Fsp3) is 0.545. The number of pyridine rings is 1. The molecule has 1 aliphatic carbocycles. The predicted molar refractivity (Wildman–Crippen MR) is 108 cm³/mol. The highest BCUT2D eigenvalue weighted by molar-refractivity contribution is 5.99. The third-order valence-corrected chi connectivity index (χ3v) is 6.44. The Hall–Kier alpha value is -2.68. The number of halogens is 2. The Labute approximate surface area is 177 Å². The van der Waals surface area contributed by atoms with Gasteiger partial charge in [0.05, 0.1) is 30.4 Å². The Balaban J connectivity index is 1.58. The fourth-order valence-electron chi connectivity index (χ4n) is 4.65. The van der Waals surface area contributed by atoms with Crippen LogP contribution in [0.5, 0.6) is 11.6 Å². The van der Waals surface area contributed by atoms with Crippen molar-refractivity contribution in [3.8, 4) is 11.6 Å². The van der Waals surface area contributed by atoms with Crippen LogP contribution < -0.4 is 9.64 Å². The summed E-state index contributed by atoms with van der Waals surface area (Å²) in [6.45, 7) is 0.414. The van der Waals surface area contributed by atoms with Crippen LogP contribution in [0.1, 0.15) is 37.3 Å². The van der Waals surface area contributed by atoms with E-state index in [1.807, 2.05) is 0 Å². The number of anilines is 1. The topological polar surface area (TPSA) is 92.1 Å². The summed E-state index contributed by atoms with van der Waals surface area (Å²) >= 11 is 0. The highest BCUT2D eigenvalue weighted by Gasteiger charge is 2.46. The Kier molecular flexibility index (Phi) is 4.88. The molecule has 2 N–H and O–H groups in total. The van der Waals surface area contributed by atoms with E-state index in [0.29, 0.717) is 54.1 Å². The second-order valence-corrected chi connectivity index (χ2v) is 8.73. The van der Waals surface area contributed by atoms with Gasteiger partial charge in [-0.25, -0.2) is 13.8 Å². The van der Waals surface area contributed by atoms with Gasteiger partial charge in [0, 0.05) is 29.9 Å². The number of alkyl halides is 2. The molecule has 2 aromatic rings. The van der Waals surface area contributed by atoms with Crippen molar-refractivity contribution in [1.82, 2.24) is 4.98 Å². The van der Waals surface area contributed by atoms with Crippen LogP contribution in [0.3, 0.4) is 0 Å². The molecule has 0 spiro atoms. The number of aromatic hydroxyl groups is 1. The van der Waals surface area contributed by atoms with E-state index in [1.54, 1.807) is 11.0 Å². The molecule has 0 bridgehead atoms. The molecule has 0 atom stereocenters. The van der Waals surface area contributed by atoms with Crippen molar-refractivity contribution >= 4 is 22.4 Å². The van der Waals surface area contributed by atoms with Gasteiger partial charge in [-0.15, -0.1) is 0 Å². The molecular formula is C22H24F2N2O5. The molecule has 5 rings (SSSR count). The van der Waals surface area contributed by atoms with Crippen LogP contribution in [-0.4, -0.2) is 59.5 Å². The van der Waals surface area contributed by atoms with Gasteiger partial charge in [-0.05, 0) is 43.9 Å². The van der Waals surface area contributed by atoms with Gasteiger partial charge in [-0.1, -0.05) is 0 Å². The number of aliphatic carboxylic acids is 1. The number of benzene rings is 1. The summed E-state index contributed by atoms with van der Waals surface area (Å²) in [6, 6.07) is 4.78. The zero-order valence-electron chi connectivity index (χ0n) is 16.9. The second-order valence-electron chi connectivity index (χ2n) is 8.73. The summed E-state index contributed by atoms with van der Waals surface area (Å²) in [5.41, 5.74) is 1.37. The number of carboxylic acid groups (broad SMARTS) is 1. The van der Waals surface area contributed by atoms with E-state index in [-0.39, 0.29) is 30.9 Å². The minimum Gasteiger partial charge on any atom is -0.508 e. The van der Waals surface area contributed by atoms with Gasteiger partial charge in [0.15, 0.2) is 0 Å². The van der Waals surface area contributed by atoms with Crippen LogP contribution in [-0.2, 0) is 9.53 Å². The Bertz CT molecular complexity index is 1010. The Morgan fingerprint density at radius 3 is 2.55 bits per heavy atom. The van der Waals surface area contributed by atoms with Crippen LogP contribution in [0.2, 0.25) is 0 Å². The number of ether oxygens (including phenoxy) is 2. The molecule has 166 valence electrons. The SMILES string of the molecule is O=C(O)C1CC(Oc2nc(C3CCOCC3)c(N3CC(F)(F)C3)c3ccc(O)cc23)C1. The summed E-state index contributed by atoms with van der Waals surface area (Å²) in [7, 11) is 0. The summed E-state index contributed by atoms with van der Waals surface area (Å²) in [5.74, 6) is -3.61. The van der Waals surface area contributed by atoms with Gasteiger partial charge < -0.3 is 24.6 Å². The van der Waals surface area contributed by atoms with Gasteiger partial charge in [-0.2, -0.15) is 0 Å². The number of nitrogens with zero attached hydrogens (tertiary/aromatic N) is 2. The number of hydrogen-bond acceptors (Lipinski definition) is 6. The molecule has 3 aliphatic rings. The van der Waals surface area contributed by atoms with Crippen LogP contribution in [0, 0.1) is 5.92 Å². The summed E-state index contributed by atoms with van der Waals surface area (Å²) < 4.78 is 39.0.